The summed E-state index contributed by atoms with van der Waals surface area (Å²) < 4.78 is 39.5. The second-order valence-corrected chi connectivity index (χ2v) is 10.3. The summed E-state index contributed by atoms with van der Waals surface area (Å²) in [5.41, 5.74) is 0.651. The third-order valence-corrected chi connectivity index (χ3v) is 8.58. The molecule has 6 nitrogen and oxygen atoms in total. The monoisotopic (exact) mass is 498 g/mol. The van der Waals surface area contributed by atoms with Gasteiger partial charge in [0.25, 0.3) is 5.91 Å². The van der Waals surface area contributed by atoms with Crippen molar-refractivity contribution in [3.05, 3.63) is 59.7 Å². The first-order chi connectivity index (χ1) is 17.2. The molecule has 190 valence electrons. The van der Waals surface area contributed by atoms with Gasteiger partial charge >= 0.3 is 6.18 Å². The average Bonchev–Trinajstić information content (AvgIpc) is 3.53. The van der Waals surface area contributed by atoms with Crippen molar-refractivity contribution < 1.29 is 22.8 Å². The fourth-order valence-electron chi connectivity index (χ4n) is 6.93. The van der Waals surface area contributed by atoms with Crippen LogP contribution in [0.2, 0.25) is 0 Å². The van der Waals surface area contributed by atoms with E-state index in [0.717, 1.165) is 36.7 Å². The van der Waals surface area contributed by atoms with Gasteiger partial charge in [-0.3, -0.25) is 14.5 Å². The highest BCUT2D eigenvalue weighted by atomic mass is 19.4. The van der Waals surface area contributed by atoms with Crippen LogP contribution >= 0.6 is 0 Å². The summed E-state index contributed by atoms with van der Waals surface area (Å²) in [7, 11) is 1.79. The minimum Gasteiger partial charge on any atom is -0.368 e. The number of likely N-dealkylation sites (N-methyl/N-ethyl adjacent to an activating group) is 1. The molecular weight excluding hydrogens is 469 g/mol. The molecule has 3 atom stereocenters. The summed E-state index contributed by atoms with van der Waals surface area (Å²) >= 11 is 0. The number of anilines is 2. The minimum atomic E-state index is -4.39. The molecule has 3 fully saturated rings. The van der Waals surface area contributed by atoms with Gasteiger partial charge in [-0.1, -0.05) is 24.3 Å². The normalized spacial score (nSPS) is 28.2. The smallest absolute Gasteiger partial charge is 0.368 e. The molecule has 3 unspecified atom stereocenters. The van der Waals surface area contributed by atoms with Crippen LogP contribution in [0.5, 0.6) is 0 Å². The maximum atomic E-state index is 14.0. The summed E-state index contributed by atoms with van der Waals surface area (Å²) in [5, 5.41) is 0. The fraction of sp³-hybridized carbons (Fsp3) is 0.481. The zero-order valence-corrected chi connectivity index (χ0v) is 20.2. The number of alkyl halides is 3. The summed E-state index contributed by atoms with van der Waals surface area (Å²) in [4.78, 5) is 35.6. The molecule has 0 bridgehead atoms. The maximum Gasteiger partial charge on any atom is 0.416 e. The lowest BCUT2D eigenvalue weighted by atomic mass is 9.78. The van der Waals surface area contributed by atoms with Gasteiger partial charge in [-0.25, -0.2) is 0 Å². The zero-order chi connectivity index (χ0) is 25.2. The molecule has 0 radical (unpaired) electrons. The maximum absolute atomic E-state index is 14.0. The molecule has 9 heteroatoms. The van der Waals surface area contributed by atoms with Gasteiger partial charge in [-0.2, -0.15) is 13.2 Å². The number of fused-ring (bicyclic) bond motifs is 4. The SMILES string of the molecule is CN1C(=O)C2(c3ccccc31)C(C(=O)N1CCN(c3cccc(C(F)(F)F)c3)CC1)CC1CCCN12. The first kappa shape index (κ1) is 23.3. The van der Waals surface area contributed by atoms with Crippen molar-refractivity contribution in [2.24, 2.45) is 5.92 Å². The van der Waals surface area contributed by atoms with Crippen LogP contribution in [-0.2, 0) is 21.3 Å². The Morgan fingerprint density at radius 1 is 1.00 bits per heavy atom. The number of nitrogens with zero attached hydrogens (tertiary/aromatic N) is 4. The van der Waals surface area contributed by atoms with E-state index in [1.165, 1.54) is 12.1 Å². The van der Waals surface area contributed by atoms with Crippen LogP contribution < -0.4 is 9.80 Å². The third kappa shape index (κ3) is 3.28. The van der Waals surface area contributed by atoms with Crippen LogP contribution in [0.1, 0.15) is 30.4 Å². The van der Waals surface area contributed by atoms with Crippen LogP contribution in [-0.4, -0.2) is 67.4 Å². The number of hydrogen-bond acceptors (Lipinski definition) is 4. The molecule has 4 aliphatic heterocycles. The molecule has 36 heavy (non-hydrogen) atoms. The Balaban J connectivity index is 1.26. The van der Waals surface area contributed by atoms with Crippen LogP contribution in [0.4, 0.5) is 24.5 Å². The third-order valence-electron chi connectivity index (χ3n) is 8.58. The lowest BCUT2D eigenvalue weighted by Crippen LogP contribution is -2.58. The fourth-order valence-corrected chi connectivity index (χ4v) is 6.93. The number of rotatable bonds is 2. The lowest BCUT2D eigenvalue weighted by Gasteiger charge is -2.41. The quantitative estimate of drug-likeness (QED) is 0.634. The van der Waals surface area contributed by atoms with E-state index in [2.05, 4.69) is 4.90 Å². The Morgan fingerprint density at radius 2 is 1.75 bits per heavy atom. The van der Waals surface area contributed by atoms with Crippen molar-refractivity contribution in [3.63, 3.8) is 0 Å². The van der Waals surface area contributed by atoms with Gasteiger partial charge in [-0.15, -0.1) is 0 Å². The lowest BCUT2D eigenvalue weighted by molar-refractivity contribution is -0.145. The van der Waals surface area contributed by atoms with Crippen LogP contribution in [0.3, 0.4) is 0 Å². The molecule has 0 N–H and O–H groups in total. The molecule has 0 saturated carbocycles. The van der Waals surface area contributed by atoms with Gasteiger partial charge < -0.3 is 14.7 Å². The van der Waals surface area contributed by atoms with Crippen molar-refractivity contribution in [2.45, 2.75) is 37.0 Å². The standard InChI is InChI=1S/C27H29F3N4O2/c1-31-23-10-3-2-9-21(23)26(25(31)36)22(17-20-8-5-11-34(20)26)24(35)33-14-12-32(13-15-33)19-7-4-6-18(16-19)27(28,29)30/h2-4,6-7,9-10,16,20,22H,5,8,11-15,17H2,1H3. The summed E-state index contributed by atoms with van der Waals surface area (Å²) in [5.74, 6) is -0.526. The summed E-state index contributed by atoms with van der Waals surface area (Å²) in [6.07, 6.45) is -1.74. The number of para-hydroxylation sites is 1. The first-order valence-corrected chi connectivity index (χ1v) is 12.6. The van der Waals surface area contributed by atoms with Gasteiger partial charge in [0.05, 0.1) is 11.5 Å². The largest absolute Gasteiger partial charge is 0.416 e. The molecule has 0 aliphatic carbocycles. The Kier molecular flexibility index (Phi) is 5.33. The Morgan fingerprint density at radius 3 is 2.50 bits per heavy atom. The van der Waals surface area contributed by atoms with Gasteiger partial charge in [0, 0.05) is 56.2 Å². The number of carbonyl (C=O) groups is 2. The van der Waals surface area contributed by atoms with Gasteiger partial charge in [0.1, 0.15) is 5.54 Å². The van der Waals surface area contributed by atoms with Crippen LogP contribution in [0.25, 0.3) is 0 Å². The van der Waals surface area contributed by atoms with E-state index in [1.807, 2.05) is 34.1 Å². The first-order valence-electron chi connectivity index (χ1n) is 12.6. The van der Waals surface area contributed by atoms with E-state index in [0.29, 0.717) is 38.3 Å². The van der Waals surface area contributed by atoms with Crippen molar-refractivity contribution in [2.75, 3.05) is 49.6 Å². The van der Waals surface area contributed by atoms with Gasteiger partial charge in [0.15, 0.2) is 0 Å². The van der Waals surface area contributed by atoms with Crippen molar-refractivity contribution in [3.8, 4) is 0 Å². The predicted octanol–water partition coefficient (Wildman–Crippen LogP) is 3.71. The minimum absolute atomic E-state index is 0.0217. The van der Waals surface area contributed by atoms with E-state index >= 15 is 0 Å². The highest BCUT2D eigenvalue weighted by Gasteiger charge is 2.67. The topological polar surface area (TPSA) is 47.1 Å². The zero-order valence-electron chi connectivity index (χ0n) is 20.2. The second kappa shape index (κ2) is 8.23. The summed E-state index contributed by atoms with van der Waals surface area (Å²) in [6.45, 7) is 2.52. The molecular formula is C27H29F3N4O2. The van der Waals surface area contributed by atoms with E-state index in [-0.39, 0.29) is 17.9 Å². The molecule has 4 aliphatic rings. The highest BCUT2D eigenvalue weighted by molar-refractivity contribution is 6.10. The van der Waals surface area contributed by atoms with Crippen molar-refractivity contribution in [1.29, 1.82) is 0 Å². The molecule has 1 spiro atoms. The molecule has 6 rings (SSSR count). The van der Waals surface area contributed by atoms with E-state index < -0.39 is 23.2 Å². The number of halogens is 3. The van der Waals surface area contributed by atoms with Crippen LogP contribution in [0, 0.1) is 5.92 Å². The average molecular weight is 499 g/mol. The molecule has 3 saturated heterocycles. The number of amides is 2. The van der Waals surface area contributed by atoms with E-state index in [9.17, 15) is 22.8 Å². The number of hydrogen-bond donors (Lipinski definition) is 0. The Hall–Kier alpha value is -3.07. The predicted molar refractivity (Wildman–Crippen MR) is 130 cm³/mol. The summed E-state index contributed by atoms with van der Waals surface area (Å²) in [6, 6.07) is 13.3. The number of carbonyl (C=O) groups excluding carboxylic acids is 2. The Bertz CT molecular complexity index is 1210. The van der Waals surface area contributed by atoms with Gasteiger partial charge in [-0.05, 0) is 50.1 Å². The molecule has 2 aromatic carbocycles. The highest BCUT2D eigenvalue weighted by Crippen LogP contribution is 2.57. The van der Waals surface area contributed by atoms with Crippen molar-refractivity contribution in [1.82, 2.24) is 9.80 Å². The molecule has 2 aromatic rings. The second-order valence-electron chi connectivity index (χ2n) is 10.3. The number of piperazine rings is 1. The number of benzene rings is 2. The van der Waals surface area contributed by atoms with Gasteiger partial charge in [0.2, 0.25) is 5.91 Å². The van der Waals surface area contributed by atoms with E-state index in [4.69, 9.17) is 0 Å². The molecule has 2 amide bonds. The van der Waals surface area contributed by atoms with Crippen molar-refractivity contribution >= 4 is 23.2 Å². The molecule has 0 aromatic heterocycles. The Labute approximate surface area is 208 Å². The molecule has 4 heterocycles. The van der Waals surface area contributed by atoms with E-state index in [1.54, 1.807) is 18.0 Å². The van der Waals surface area contributed by atoms with Crippen LogP contribution in [0.15, 0.2) is 48.5 Å².